The Bertz CT molecular complexity index is 1030. The lowest BCUT2D eigenvalue weighted by atomic mass is 9.76. The summed E-state index contributed by atoms with van der Waals surface area (Å²) >= 11 is 1.51. The van der Waals surface area contributed by atoms with E-state index in [9.17, 15) is 23.5 Å². The van der Waals surface area contributed by atoms with Crippen LogP contribution >= 0.6 is 11.3 Å². The quantitative estimate of drug-likeness (QED) is 0.667. The highest BCUT2D eigenvalue weighted by molar-refractivity contribution is 7.18. The lowest BCUT2D eigenvalue weighted by Gasteiger charge is -2.25. The number of aromatic nitrogens is 1. The molecule has 4 rings (SSSR count). The molecule has 0 radical (unpaired) electrons. The van der Waals surface area contributed by atoms with Crippen molar-refractivity contribution in [2.75, 3.05) is 0 Å². The number of hydrogen-bond acceptors (Lipinski definition) is 4. The van der Waals surface area contributed by atoms with Crippen LogP contribution in [0.25, 0.3) is 10.2 Å². The Kier molecular flexibility index (Phi) is 4.71. The molecule has 0 amide bonds. The number of carbonyl (C=O) groups is 2. The number of carboxylic acid groups (broad SMARTS) is 1. The molecule has 0 atom stereocenters. The number of carbonyl (C=O) groups excluding carboxylic acids is 1. The molecule has 7 heteroatoms. The van der Waals surface area contributed by atoms with Gasteiger partial charge in [0, 0.05) is 18.3 Å². The summed E-state index contributed by atoms with van der Waals surface area (Å²) in [5.74, 6) is -3.26. The van der Waals surface area contributed by atoms with E-state index in [1.807, 2.05) is 24.3 Å². The first-order valence-corrected chi connectivity index (χ1v) is 9.74. The van der Waals surface area contributed by atoms with Crippen molar-refractivity contribution in [1.82, 2.24) is 4.98 Å². The molecule has 1 heterocycles. The number of aryl methyl sites for hydroxylation is 1. The number of rotatable bonds is 6. The normalized spacial score (nSPS) is 14.9. The van der Waals surface area contributed by atoms with Crippen molar-refractivity contribution >= 4 is 33.3 Å². The van der Waals surface area contributed by atoms with Crippen molar-refractivity contribution in [2.24, 2.45) is 5.41 Å². The molecule has 144 valence electrons. The number of aliphatic carboxylic acids is 1. The van der Waals surface area contributed by atoms with Crippen LogP contribution in [0.1, 0.15) is 29.0 Å². The summed E-state index contributed by atoms with van der Waals surface area (Å²) in [5, 5.41) is 10.2. The van der Waals surface area contributed by atoms with Crippen LogP contribution in [0, 0.1) is 17.0 Å². The van der Waals surface area contributed by atoms with E-state index in [1.165, 1.54) is 11.3 Å². The molecule has 1 aliphatic carbocycles. The van der Waals surface area contributed by atoms with Crippen molar-refractivity contribution in [1.29, 1.82) is 0 Å². The highest BCUT2D eigenvalue weighted by Gasteiger charge is 2.45. The fraction of sp³-hybridized carbons (Fsp3) is 0.286. The largest absolute Gasteiger partial charge is 0.481 e. The molecule has 0 fully saturated rings. The van der Waals surface area contributed by atoms with E-state index in [0.717, 1.165) is 27.4 Å². The third-order valence-corrected chi connectivity index (χ3v) is 6.38. The minimum atomic E-state index is -1.16. The zero-order valence-corrected chi connectivity index (χ0v) is 15.7. The van der Waals surface area contributed by atoms with Gasteiger partial charge in [0.2, 0.25) is 0 Å². The number of para-hydroxylation sites is 1. The van der Waals surface area contributed by atoms with Crippen molar-refractivity contribution < 1.29 is 23.5 Å². The predicted molar refractivity (Wildman–Crippen MR) is 101 cm³/mol. The van der Waals surface area contributed by atoms with Gasteiger partial charge < -0.3 is 5.11 Å². The number of fused-ring (bicyclic) bond motifs is 2. The van der Waals surface area contributed by atoms with Crippen LogP contribution in [0.2, 0.25) is 0 Å². The molecule has 0 unspecified atom stereocenters. The summed E-state index contributed by atoms with van der Waals surface area (Å²) < 4.78 is 28.2. The third kappa shape index (κ3) is 3.42. The standard InChI is InChI=1S/C21H17F2NO3S/c22-14-7-12-9-21(11-20(26)27,10-13(12)8-15(14)23)18(25)5-6-19-24-16-3-1-2-4-17(16)28-19/h1-4,7-8H,5-6,9-11H2,(H,26,27). The van der Waals surface area contributed by atoms with Crippen molar-refractivity contribution in [2.45, 2.75) is 32.1 Å². The summed E-state index contributed by atoms with van der Waals surface area (Å²) in [6.07, 6.45) is 0.434. The second kappa shape index (κ2) is 7.05. The lowest BCUT2D eigenvalue weighted by Crippen LogP contribution is -2.35. The zero-order chi connectivity index (χ0) is 19.9. The smallest absolute Gasteiger partial charge is 0.304 e. The highest BCUT2D eigenvalue weighted by atomic mass is 32.1. The van der Waals surface area contributed by atoms with Crippen LogP contribution in [0.4, 0.5) is 8.78 Å². The fourth-order valence-corrected chi connectivity index (χ4v) is 4.94. The molecule has 0 spiro atoms. The van der Waals surface area contributed by atoms with Gasteiger partial charge in [-0.2, -0.15) is 0 Å². The molecular weight excluding hydrogens is 384 g/mol. The molecular formula is C21H17F2NO3S. The maximum absolute atomic E-state index is 13.6. The minimum Gasteiger partial charge on any atom is -0.481 e. The first-order chi connectivity index (χ1) is 13.4. The maximum atomic E-state index is 13.6. The zero-order valence-electron chi connectivity index (χ0n) is 14.9. The first kappa shape index (κ1) is 18.7. The predicted octanol–water partition coefficient (Wildman–Crippen LogP) is 4.34. The number of benzene rings is 2. The highest BCUT2D eigenvalue weighted by Crippen LogP contribution is 2.42. The Morgan fingerprint density at radius 2 is 1.75 bits per heavy atom. The Morgan fingerprint density at radius 3 is 2.36 bits per heavy atom. The monoisotopic (exact) mass is 401 g/mol. The van der Waals surface area contributed by atoms with E-state index in [0.29, 0.717) is 17.5 Å². The van der Waals surface area contributed by atoms with Gasteiger partial charge in [0.15, 0.2) is 11.6 Å². The van der Waals surface area contributed by atoms with E-state index in [4.69, 9.17) is 0 Å². The van der Waals surface area contributed by atoms with Gasteiger partial charge in [-0.15, -0.1) is 11.3 Å². The van der Waals surface area contributed by atoms with Crippen LogP contribution in [0.3, 0.4) is 0 Å². The molecule has 28 heavy (non-hydrogen) atoms. The summed E-state index contributed by atoms with van der Waals surface area (Å²) in [5.41, 5.74) is 0.724. The van der Waals surface area contributed by atoms with E-state index in [2.05, 4.69) is 4.98 Å². The van der Waals surface area contributed by atoms with Gasteiger partial charge in [-0.3, -0.25) is 9.59 Å². The average Bonchev–Trinajstić information content (AvgIpc) is 3.20. The lowest BCUT2D eigenvalue weighted by molar-refractivity contribution is -0.144. The topological polar surface area (TPSA) is 67.3 Å². The van der Waals surface area contributed by atoms with Gasteiger partial charge in [-0.05, 0) is 48.2 Å². The second-order valence-corrected chi connectivity index (χ2v) is 8.35. The number of Topliss-reactive ketones (excluding diaryl/α,β-unsaturated/α-hetero) is 1. The molecule has 0 saturated heterocycles. The molecule has 0 aliphatic heterocycles. The van der Waals surface area contributed by atoms with Crippen LogP contribution in [0.15, 0.2) is 36.4 Å². The van der Waals surface area contributed by atoms with E-state index >= 15 is 0 Å². The molecule has 1 N–H and O–H groups in total. The molecule has 2 aromatic carbocycles. The number of hydrogen-bond donors (Lipinski definition) is 1. The third-order valence-electron chi connectivity index (χ3n) is 5.29. The van der Waals surface area contributed by atoms with Crippen LogP contribution < -0.4 is 0 Å². The van der Waals surface area contributed by atoms with E-state index < -0.39 is 23.0 Å². The number of carboxylic acids is 1. The molecule has 3 aromatic rings. The fourth-order valence-electron chi connectivity index (χ4n) is 3.97. The first-order valence-electron chi connectivity index (χ1n) is 8.93. The van der Waals surface area contributed by atoms with Gasteiger partial charge in [-0.1, -0.05) is 12.1 Å². The molecule has 4 nitrogen and oxygen atoms in total. The number of halogens is 2. The van der Waals surface area contributed by atoms with Gasteiger partial charge in [0.1, 0.15) is 5.78 Å². The van der Waals surface area contributed by atoms with Crippen LogP contribution in [-0.2, 0) is 28.9 Å². The maximum Gasteiger partial charge on any atom is 0.304 e. The van der Waals surface area contributed by atoms with Crippen LogP contribution in [-0.4, -0.2) is 21.8 Å². The molecule has 1 aliphatic rings. The van der Waals surface area contributed by atoms with Crippen molar-refractivity contribution in [3.63, 3.8) is 0 Å². The summed E-state index contributed by atoms with van der Waals surface area (Å²) in [4.78, 5) is 29.0. The summed E-state index contributed by atoms with van der Waals surface area (Å²) in [6, 6.07) is 9.84. The number of nitrogens with zero attached hydrogens (tertiary/aromatic N) is 1. The minimum absolute atomic E-state index is 0.116. The van der Waals surface area contributed by atoms with Gasteiger partial charge >= 0.3 is 5.97 Å². The number of thiazole rings is 1. The van der Waals surface area contributed by atoms with Gasteiger partial charge in [-0.25, -0.2) is 13.8 Å². The Hall–Kier alpha value is -2.67. The van der Waals surface area contributed by atoms with E-state index in [1.54, 1.807) is 0 Å². The Balaban J connectivity index is 1.56. The van der Waals surface area contributed by atoms with Crippen molar-refractivity contribution in [3.05, 3.63) is 64.2 Å². The summed E-state index contributed by atoms with van der Waals surface area (Å²) in [6.45, 7) is 0. The molecule has 0 saturated carbocycles. The second-order valence-electron chi connectivity index (χ2n) is 7.24. The van der Waals surface area contributed by atoms with Crippen molar-refractivity contribution in [3.8, 4) is 0 Å². The van der Waals surface area contributed by atoms with Crippen LogP contribution in [0.5, 0.6) is 0 Å². The average molecular weight is 401 g/mol. The molecule has 0 bridgehead atoms. The summed E-state index contributed by atoms with van der Waals surface area (Å²) in [7, 11) is 0. The van der Waals surface area contributed by atoms with Gasteiger partial charge in [0.25, 0.3) is 0 Å². The molecule has 1 aromatic heterocycles. The number of ketones is 1. The van der Waals surface area contributed by atoms with E-state index in [-0.39, 0.29) is 31.5 Å². The Morgan fingerprint density at radius 1 is 1.11 bits per heavy atom. The SMILES string of the molecule is O=C(O)CC1(C(=O)CCc2nc3ccccc3s2)Cc2cc(F)c(F)cc2C1. The van der Waals surface area contributed by atoms with Gasteiger partial charge in [0.05, 0.1) is 21.6 Å². The Labute approximate surface area is 163 Å².